The van der Waals surface area contributed by atoms with Gasteiger partial charge in [0, 0.05) is 11.1 Å². The Morgan fingerprint density at radius 1 is 1.35 bits per heavy atom. The van der Waals surface area contributed by atoms with E-state index < -0.39 is 23.6 Å². The van der Waals surface area contributed by atoms with Crippen LogP contribution in [-0.4, -0.2) is 40.5 Å². The Hall–Kier alpha value is -1.59. The van der Waals surface area contributed by atoms with Crippen molar-refractivity contribution in [2.75, 3.05) is 0 Å². The van der Waals surface area contributed by atoms with Gasteiger partial charge in [0.05, 0.1) is 11.6 Å². The topological polar surface area (TPSA) is 69.6 Å². The van der Waals surface area contributed by atoms with Crippen LogP contribution in [-0.2, 0) is 15.1 Å². The van der Waals surface area contributed by atoms with Crippen molar-refractivity contribution >= 4 is 23.9 Å². The predicted molar refractivity (Wildman–Crippen MR) is 103 cm³/mol. The molecule has 0 heterocycles. The van der Waals surface area contributed by atoms with E-state index in [4.69, 9.17) is 11.6 Å². The Bertz CT molecular complexity index is 629. The van der Waals surface area contributed by atoms with E-state index in [0.717, 1.165) is 37.7 Å². The van der Waals surface area contributed by atoms with Crippen LogP contribution in [0.15, 0.2) is 24.3 Å². The molecule has 1 aliphatic rings. The molecule has 0 bridgehead atoms. The molecule has 26 heavy (non-hydrogen) atoms. The molecular formula is C20H29ClN2O3. The molecule has 1 aromatic carbocycles. The number of carbonyl (C=O) groups is 2. The van der Waals surface area contributed by atoms with Crippen molar-refractivity contribution in [1.29, 1.82) is 0 Å². The van der Waals surface area contributed by atoms with Crippen molar-refractivity contribution in [2.24, 2.45) is 0 Å². The molecule has 0 aliphatic heterocycles. The molecule has 2 rings (SSSR count). The average Bonchev–Trinajstić information content (AvgIpc) is 2.62. The lowest BCUT2D eigenvalue weighted by molar-refractivity contribution is -0.138. The summed E-state index contributed by atoms with van der Waals surface area (Å²) in [5, 5.41) is 14.0. The third-order valence-corrected chi connectivity index (χ3v) is 5.53. The molecule has 6 heteroatoms. The van der Waals surface area contributed by atoms with Gasteiger partial charge in [0.25, 0.3) is 5.91 Å². The first-order chi connectivity index (χ1) is 12.3. The maximum Gasteiger partial charge on any atom is 0.251 e. The normalized spacial score (nSPS) is 18.0. The van der Waals surface area contributed by atoms with Crippen LogP contribution in [0.2, 0.25) is 5.02 Å². The lowest BCUT2D eigenvalue weighted by Crippen LogP contribution is -2.55. The summed E-state index contributed by atoms with van der Waals surface area (Å²) in [5.74, 6) is -0.495. The smallest absolute Gasteiger partial charge is 0.251 e. The standard InChI is InChI=1S/C20H29ClN2O3/c1-14(23(13-24)17-10-5-4-6-11-17)18(25)19(26)22-20(2,3)15-8-7-9-16(21)12-15/h7-9,12-14,17-18,25H,4-6,10-11H2,1-3H3,(H,22,26). The van der Waals surface area contributed by atoms with E-state index in [1.165, 1.54) is 6.42 Å². The second kappa shape index (κ2) is 8.87. The second-order valence-electron chi connectivity index (χ2n) is 7.65. The molecule has 1 aliphatic carbocycles. The minimum absolute atomic E-state index is 0.0969. The van der Waals surface area contributed by atoms with Gasteiger partial charge >= 0.3 is 0 Å². The predicted octanol–water partition coefficient (Wildman–Crippen LogP) is 3.23. The number of halogens is 1. The molecule has 1 saturated carbocycles. The third-order valence-electron chi connectivity index (χ3n) is 5.30. The summed E-state index contributed by atoms with van der Waals surface area (Å²) >= 11 is 6.04. The van der Waals surface area contributed by atoms with Gasteiger partial charge in [0.2, 0.25) is 6.41 Å². The van der Waals surface area contributed by atoms with Crippen LogP contribution in [0.4, 0.5) is 0 Å². The van der Waals surface area contributed by atoms with E-state index >= 15 is 0 Å². The summed E-state index contributed by atoms with van der Waals surface area (Å²) in [7, 11) is 0. The van der Waals surface area contributed by atoms with Crippen molar-refractivity contribution in [2.45, 2.75) is 76.6 Å². The van der Waals surface area contributed by atoms with Gasteiger partial charge in [0.15, 0.2) is 6.10 Å². The molecule has 144 valence electrons. The van der Waals surface area contributed by atoms with Gasteiger partial charge in [-0.25, -0.2) is 0 Å². The fourth-order valence-electron chi connectivity index (χ4n) is 3.61. The number of nitrogens with one attached hydrogen (secondary N) is 1. The van der Waals surface area contributed by atoms with E-state index in [2.05, 4.69) is 5.32 Å². The number of rotatable bonds is 7. The molecule has 5 nitrogen and oxygen atoms in total. The monoisotopic (exact) mass is 380 g/mol. The maximum absolute atomic E-state index is 12.6. The van der Waals surface area contributed by atoms with Crippen LogP contribution in [0.25, 0.3) is 0 Å². The molecule has 2 amide bonds. The first kappa shape index (κ1) is 20.7. The third kappa shape index (κ3) is 4.98. The van der Waals surface area contributed by atoms with E-state index in [1.807, 2.05) is 26.0 Å². The highest BCUT2D eigenvalue weighted by atomic mass is 35.5. The minimum Gasteiger partial charge on any atom is -0.381 e. The minimum atomic E-state index is -1.29. The summed E-state index contributed by atoms with van der Waals surface area (Å²) in [6.45, 7) is 5.43. The molecule has 0 spiro atoms. The number of aliphatic hydroxyl groups excluding tert-OH is 1. The zero-order valence-corrected chi connectivity index (χ0v) is 16.5. The van der Waals surface area contributed by atoms with Crippen LogP contribution in [0.5, 0.6) is 0 Å². The summed E-state index contributed by atoms with van der Waals surface area (Å²) in [6.07, 6.45) is 4.64. The van der Waals surface area contributed by atoms with Crippen LogP contribution in [0, 0.1) is 0 Å². The summed E-state index contributed by atoms with van der Waals surface area (Å²) in [4.78, 5) is 25.8. The second-order valence-corrected chi connectivity index (χ2v) is 8.09. The summed E-state index contributed by atoms with van der Waals surface area (Å²) in [5.41, 5.74) is 0.150. The van der Waals surface area contributed by atoms with E-state index in [0.29, 0.717) is 5.02 Å². The van der Waals surface area contributed by atoms with Gasteiger partial charge in [-0.05, 0) is 51.3 Å². The van der Waals surface area contributed by atoms with Gasteiger partial charge < -0.3 is 15.3 Å². The van der Waals surface area contributed by atoms with Crippen LogP contribution >= 0.6 is 11.6 Å². The Morgan fingerprint density at radius 3 is 2.58 bits per heavy atom. The van der Waals surface area contributed by atoms with Crippen LogP contribution < -0.4 is 5.32 Å². The highest BCUT2D eigenvalue weighted by molar-refractivity contribution is 6.30. The Labute approximate surface area is 160 Å². The zero-order chi connectivity index (χ0) is 19.3. The number of amides is 2. The van der Waals surface area contributed by atoms with Crippen LogP contribution in [0.1, 0.15) is 58.4 Å². The molecule has 1 aromatic rings. The number of nitrogens with zero attached hydrogens (tertiary/aromatic N) is 1. The molecule has 2 N–H and O–H groups in total. The molecule has 0 saturated heterocycles. The molecule has 2 unspecified atom stereocenters. The highest BCUT2D eigenvalue weighted by Crippen LogP contribution is 2.25. The lowest BCUT2D eigenvalue weighted by Gasteiger charge is -2.38. The van der Waals surface area contributed by atoms with Crippen molar-refractivity contribution in [1.82, 2.24) is 10.2 Å². The Morgan fingerprint density at radius 2 is 2.00 bits per heavy atom. The van der Waals surface area contributed by atoms with Crippen LogP contribution in [0.3, 0.4) is 0 Å². The van der Waals surface area contributed by atoms with Crippen molar-refractivity contribution in [3.63, 3.8) is 0 Å². The lowest BCUT2D eigenvalue weighted by atomic mass is 9.92. The van der Waals surface area contributed by atoms with Gasteiger partial charge in [-0.1, -0.05) is 43.0 Å². The quantitative estimate of drug-likeness (QED) is 0.713. The zero-order valence-electron chi connectivity index (χ0n) is 15.7. The van der Waals surface area contributed by atoms with Gasteiger partial charge in [0.1, 0.15) is 0 Å². The summed E-state index contributed by atoms with van der Waals surface area (Å²) < 4.78 is 0. The molecule has 0 aromatic heterocycles. The molecule has 0 radical (unpaired) electrons. The highest BCUT2D eigenvalue weighted by Gasteiger charge is 2.34. The largest absolute Gasteiger partial charge is 0.381 e. The van der Waals surface area contributed by atoms with Gasteiger partial charge in [-0.2, -0.15) is 0 Å². The van der Waals surface area contributed by atoms with E-state index in [9.17, 15) is 14.7 Å². The van der Waals surface area contributed by atoms with Crippen molar-refractivity contribution in [3.05, 3.63) is 34.9 Å². The first-order valence-electron chi connectivity index (χ1n) is 9.25. The van der Waals surface area contributed by atoms with Crippen molar-refractivity contribution in [3.8, 4) is 0 Å². The summed E-state index contributed by atoms with van der Waals surface area (Å²) in [6, 6.07) is 6.78. The Balaban J connectivity index is 2.06. The van der Waals surface area contributed by atoms with Gasteiger partial charge in [-0.15, -0.1) is 0 Å². The van der Waals surface area contributed by atoms with E-state index in [1.54, 1.807) is 24.0 Å². The SMILES string of the molecule is CC(C(O)C(=O)NC(C)(C)c1cccc(Cl)c1)N(C=O)C1CCCCC1. The average molecular weight is 381 g/mol. The fourth-order valence-corrected chi connectivity index (χ4v) is 3.80. The fraction of sp³-hybridized carbons (Fsp3) is 0.600. The van der Waals surface area contributed by atoms with E-state index in [-0.39, 0.29) is 6.04 Å². The Kier molecular flexibility index (Phi) is 7.07. The first-order valence-corrected chi connectivity index (χ1v) is 9.63. The molecule has 1 fully saturated rings. The number of hydrogen-bond acceptors (Lipinski definition) is 3. The maximum atomic E-state index is 12.6. The van der Waals surface area contributed by atoms with Crippen molar-refractivity contribution < 1.29 is 14.7 Å². The number of carbonyl (C=O) groups excluding carboxylic acids is 2. The number of hydrogen-bond donors (Lipinski definition) is 2. The molecular weight excluding hydrogens is 352 g/mol. The van der Waals surface area contributed by atoms with Gasteiger partial charge in [-0.3, -0.25) is 9.59 Å². The number of aliphatic hydroxyl groups is 1. The molecule has 2 atom stereocenters. The number of benzene rings is 1.